The van der Waals surface area contributed by atoms with Crippen molar-refractivity contribution in [3.63, 3.8) is 0 Å². The van der Waals surface area contributed by atoms with E-state index in [-0.39, 0.29) is 25.1 Å². The number of alkyl halides is 2. The maximum Gasteiger partial charge on any atom is 0.333 e. The number of halogens is 2. The van der Waals surface area contributed by atoms with Crippen molar-refractivity contribution in [3.8, 4) is 0 Å². The summed E-state index contributed by atoms with van der Waals surface area (Å²) in [5.74, 6) is 0. The van der Waals surface area contributed by atoms with E-state index in [1.807, 2.05) is 0 Å². The molecule has 1 aliphatic rings. The molecule has 2 aromatic rings. The number of aromatic nitrogens is 5. The highest BCUT2D eigenvalue weighted by Crippen LogP contribution is 2.29. The van der Waals surface area contributed by atoms with Crippen molar-refractivity contribution in [2.75, 3.05) is 13.3 Å². The Hall–Kier alpha value is -2.40. The normalized spacial score (nSPS) is 22.8. The van der Waals surface area contributed by atoms with E-state index in [9.17, 15) is 18.4 Å². The minimum absolute atomic E-state index is 0.0241. The molecule has 2 aromatic heterocycles. The Bertz CT molecular complexity index is 893. The van der Waals surface area contributed by atoms with E-state index in [2.05, 4.69) is 10.3 Å². The second-order valence-electron chi connectivity index (χ2n) is 6.12. The maximum absolute atomic E-state index is 13.8. The summed E-state index contributed by atoms with van der Waals surface area (Å²) in [4.78, 5) is 25.1. The molecule has 0 unspecified atom stereocenters. The molecule has 26 heavy (non-hydrogen) atoms. The van der Waals surface area contributed by atoms with Gasteiger partial charge in [0.25, 0.3) is 5.56 Å². The van der Waals surface area contributed by atoms with Gasteiger partial charge in [0, 0.05) is 18.2 Å². The molecule has 3 heterocycles. The minimum Gasteiger partial charge on any atom is -0.394 e. The number of nitrogens with zero attached hydrogens (tertiary/aromatic N) is 5. The molecule has 9 nitrogen and oxygen atoms in total. The summed E-state index contributed by atoms with van der Waals surface area (Å²) in [7, 11) is 0. The zero-order chi connectivity index (χ0) is 18.8. The molecule has 11 heteroatoms. The van der Waals surface area contributed by atoms with Crippen molar-refractivity contribution in [1.82, 2.24) is 24.1 Å². The molecule has 1 saturated heterocycles. The largest absolute Gasteiger partial charge is 0.394 e. The molecule has 142 valence electrons. The number of ether oxygens (including phenoxy) is 1. The van der Waals surface area contributed by atoms with Crippen molar-refractivity contribution >= 4 is 0 Å². The molecule has 0 aliphatic carbocycles. The molecule has 0 aromatic carbocycles. The van der Waals surface area contributed by atoms with Crippen molar-refractivity contribution in [3.05, 3.63) is 44.5 Å². The van der Waals surface area contributed by atoms with Gasteiger partial charge in [-0.05, 0) is 6.92 Å². The van der Waals surface area contributed by atoms with Gasteiger partial charge in [-0.15, -0.1) is 5.10 Å². The van der Waals surface area contributed by atoms with Gasteiger partial charge in [-0.2, -0.15) is 0 Å². The molecule has 0 amide bonds. The fourth-order valence-corrected chi connectivity index (χ4v) is 2.90. The lowest BCUT2D eigenvalue weighted by atomic mass is 10.2. The first-order valence-electron chi connectivity index (χ1n) is 8.12. The molecule has 3 rings (SSSR count). The van der Waals surface area contributed by atoms with Crippen LogP contribution in [0.15, 0.2) is 22.0 Å². The Kier molecular flexibility index (Phi) is 5.28. The molecule has 0 radical (unpaired) electrons. The third kappa shape index (κ3) is 3.44. The van der Waals surface area contributed by atoms with Crippen LogP contribution in [0, 0.1) is 6.92 Å². The van der Waals surface area contributed by atoms with Crippen molar-refractivity contribution in [2.24, 2.45) is 0 Å². The topological polar surface area (TPSA) is 104 Å². The lowest BCUT2D eigenvalue weighted by Crippen LogP contribution is -2.42. The monoisotopic (exact) mass is 371 g/mol. The van der Waals surface area contributed by atoms with Crippen LogP contribution < -0.4 is 11.2 Å². The van der Waals surface area contributed by atoms with E-state index >= 15 is 0 Å². The fourth-order valence-electron chi connectivity index (χ4n) is 2.90. The Morgan fingerprint density at radius 2 is 2.15 bits per heavy atom. The summed E-state index contributed by atoms with van der Waals surface area (Å²) in [6.07, 6.45) is -0.661. The molecule has 3 atom stereocenters. The third-order valence-corrected chi connectivity index (χ3v) is 4.24. The highest BCUT2D eigenvalue weighted by molar-refractivity contribution is 5.06. The summed E-state index contributed by atoms with van der Waals surface area (Å²) < 4.78 is 34.9. The molecule has 1 N–H and O–H groups in total. The number of aliphatic hydroxyl groups excluding tert-OH is 1. The van der Waals surface area contributed by atoms with Crippen LogP contribution in [0.3, 0.4) is 0 Å². The molecular weight excluding hydrogens is 352 g/mol. The number of hydrogen-bond donors (Lipinski definition) is 1. The van der Waals surface area contributed by atoms with E-state index in [1.54, 1.807) is 0 Å². The van der Waals surface area contributed by atoms with Crippen LogP contribution in [0.25, 0.3) is 0 Å². The summed E-state index contributed by atoms with van der Waals surface area (Å²) in [6.45, 7) is 0.287. The first kappa shape index (κ1) is 18.4. The third-order valence-electron chi connectivity index (χ3n) is 4.24. The lowest BCUT2D eigenvalue weighted by molar-refractivity contribution is -0.0361. The van der Waals surface area contributed by atoms with Gasteiger partial charge in [0.1, 0.15) is 30.9 Å². The maximum atomic E-state index is 13.8. The number of aryl methyl sites for hydroxylation is 2. The Morgan fingerprint density at radius 1 is 1.38 bits per heavy atom. The Balaban J connectivity index is 1.94. The Morgan fingerprint density at radius 3 is 2.81 bits per heavy atom. The predicted molar refractivity (Wildman–Crippen MR) is 85.3 cm³/mol. The summed E-state index contributed by atoms with van der Waals surface area (Å²) in [6, 6.07) is 0. The van der Waals surface area contributed by atoms with Gasteiger partial charge in [0.15, 0.2) is 0 Å². The van der Waals surface area contributed by atoms with Gasteiger partial charge in [0.2, 0.25) is 0 Å². The average molecular weight is 371 g/mol. The van der Waals surface area contributed by atoms with Gasteiger partial charge < -0.3 is 9.84 Å². The fraction of sp³-hybridized carbons (Fsp3) is 0.600. The summed E-state index contributed by atoms with van der Waals surface area (Å²) in [5.41, 5.74) is -0.609. The summed E-state index contributed by atoms with van der Waals surface area (Å²) in [5, 5.41) is 16.6. The van der Waals surface area contributed by atoms with Crippen LogP contribution in [-0.4, -0.2) is 54.8 Å². The SMILES string of the molecule is Cc1cn([C@@H]2C[C@H](F)[C@H](CO)O2)c(=O)n(Cc2cn(CCF)nn2)c1=O. The van der Waals surface area contributed by atoms with Crippen LogP contribution in [0.5, 0.6) is 0 Å². The highest BCUT2D eigenvalue weighted by atomic mass is 19.1. The minimum atomic E-state index is -1.40. The van der Waals surface area contributed by atoms with Crippen LogP contribution in [0.4, 0.5) is 8.78 Å². The molecule has 0 bridgehead atoms. The quantitative estimate of drug-likeness (QED) is 0.737. The van der Waals surface area contributed by atoms with Crippen LogP contribution in [0.1, 0.15) is 23.9 Å². The van der Waals surface area contributed by atoms with Crippen LogP contribution in [0.2, 0.25) is 0 Å². The summed E-state index contributed by atoms with van der Waals surface area (Å²) >= 11 is 0. The number of hydrogen-bond acceptors (Lipinski definition) is 6. The van der Waals surface area contributed by atoms with E-state index < -0.39 is 43.0 Å². The molecule has 1 aliphatic heterocycles. The number of rotatable bonds is 6. The first-order valence-corrected chi connectivity index (χ1v) is 8.12. The van der Waals surface area contributed by atoms with Crippen molar-refractivity contribution < 1.29 is 18.6 Å². The van der Waals surface area contributed by atoms with Gasteiger partial charge in [-0.25, -0.2) is 18.3 Å². The van der Waals surface area contributed by atoms with Gasteiger partial charge in [-0.1, -0.05) is 5.21 Å². The lowest BCUT2D eigenvalue weighted by Gasteiger charge is -2.17. The second-order valence-corrected chi connectivity index (χ2v) is 6.12. The van der Waals surface area contributed by atoms with Gasteiger partial charge in [-0.3, -0.25) is 13.9 Å². The average Bonchev–Trinajstić information content (AvgIpc) is 3.21. The van der Waals surface area contributed by atoms with E-state index in [4.69, 9.17) is 9.84 Å². The zero-order valence-electron chi connectivity index (χ0n) is 14.1. The van der Waals surface area contributed by atoms with E-state index in [0.717, 1.165) is 9.13 Å². The van der Waals surface area contributed by atoms with Crippen LogP contribution >= 0.6 is 0 Å². The van der Waals surface area contributed by atoms with E-state index in [0.29, 0.717) is 5.69 Å². The first-order chi connectivity index (χ1) is 12.4. The second kappa shape index (κ2) is 7.46. The molecule has 1 fully saturated rings. The van der Waals surface area contributed by atoms with Crippen molar-refractivity contribution in [2.45, 2.75) is 44.9 Å². The van der Waals surface area contributed by atoms with Crippen LogP contribution in [-0.2, 0) is 17.8 Å². The molecule has 0 saturated carbocycles. The van der Waals surface area contributed by atoms with Crippen molar-refractivity contribution in [1.29, 1.82) is 0 Å². The van der Waals surface area contributed by atoms with Gasteiger partial charge >= 0.3 is 5.69 Å². The van der Waals surface area contributed by atoms with E-state index in [1.165, 1.54) is 24.0 Å². The highest BCUT2D eigenvalue weighted by Gasteiger charge is 2.36. The Labute approximate surface area is 146 Å². The number of aliphatic hydroxyl groups is 1. The zero-order valence-corrected chi connectivity index (χ0v) is 14.1. The smallest absolute Gasteiger partial charge is 0.333 e. The standard InChI is InChI=1S/C15H19F2N5O4/c1-9-5-21(13-4-11(17)12(8-23)26-13)15(25)22(14(9)24)7-10-6-20(3-2-16)19-18-10/h5-6,11-13,23H,2-4,7-8H2,1H3/t11-,12-,13-/m0/s1. The van der Waals surface area contributed by atoms with Gasteiger partial charge in [0.05, 0.1) is 25.9 Å². The molecular formula is C15H19F2N5O4. The molecule has 0 spiro atoms. The predicted octanol–water partition coefficient (Wildman–Crippen LogP) is -0.454.